The molecule has 1 heteroatoms. The van der Waals surface area contributed by atoms with Crippen molar-refractivity contribution in [1.29, 1.82) is 0 Å². The molecule has 0 fully saturated rings. The molecule has 1 unspecified atom stereocenters. The van der Waals surface area contributed by atoms with Gasteiger partial charge in [0.15, 0.2) is 0 Å². The van der Waals surface area contributed by atoms with E-state index in [-0.39, 0.29) is 0 Å². The van der Waals surface area contributed by atoms with E-state index in [4.69, 9.17) is 0 Å². The van der Waals surface area contributed by atoms with Gasteiger partial charge in [0.05, 0.1) is 6.04 Å². The Morgan fingerprint density at radius 3 is 2.62 bits per heavy atom. The molecule has 2 aliphatic rings. The summed E-state index contributed by atoms with van der Waals surface area (Å²) in [5, 5.41) is 0. The fourth-order valence-electron chi connectivity index (χ4n) is 2.16. The third-order valence-corrected chi connectivity index (χ3v) is 2.94. The van der Waals surface area contributed by atoms with Gasteiger partial charge in [-0.15, -0.1) is 0 Å². The van der Waals surface area contributed by atoms with Crippen LogP contribution >= 0.6 is 0 Å². The first-order chi connectivity index (χ1) is 7.95. The Morgan fingerprint density at radius 2 is 1.69 bits per heavy atom. The third-order valence-electron chi connectivity index (χ3n) is 2.94. The van der Waals surface area contributed by atoms with E-state index in [0.29, 0.717) is 6.04 Å². The summed E-state index contributed by atoms with van der Waals surface area (Å²) in [6, 6.07) is 8.86. The molecule has 1 nitrogen and oxygen atoms in total. The molecule has 0 radical (unpaired) electrons. The SMILES string of the molecule is C1=Cc2ccccc2C2C=CC=CN2C=C1. The number of rotatable bonds is 0. The quantitative estimate of drug-likeness (QED) is 0.627. The Bertz CT molecular complexity index is 506. The molecule has 2 heterocycles. The molecule has 0 bridgehead atoms. The number of hydrogen-bond donors (Lipinski definition) is 0. The standard InChI is InChI=1S/C15H13N/c1-2-9-14-13(7-1)8-3-5-11-16-12-6-4-10-15(14)16/h1-12,15H. The van der Waals surface area contributed by atoms with Crippen LogP contribution in [0.25, 0.3) is 6.08 Å². The minimum Gasteiger partial charge on any atom is -0.343 e. The first kappa shape index (κ1) is 9.22. The van der Waals surface area contributed by atoms with Gasteiger partial charge in [0.1, 0.15) is 0 Å². The molecule has 0 N–H and O–H groups in total. The molecule has 1 aromatic rings. The Kier molecular flexibility index (Phi) is 2.22. The van der Waals surface area contributed by atoms with E-state index < -0.39 is 0 Å². The molecule has 1 atom stereocenters. The lowest BCUT2D eigenvalue weighted by atomic mass is 9.96. The number of benzene rings is 1. The lowest BCUT2D eigenvalue weighted by Crippen LogP contribution is -2.19. The van der Waals surface area contributed by atoms with Gasteiger partial charge in [-0.3, -0.25) is 0 Å². The fraction of sp³-hybridized carbons (Fsp3) is 0.0667. The predicted molar refractivity (Wildman–Crippen MR) is 67.5 cm³/mol. The summed E-state index contributed by atoms with van der Waals surface area (Å²) in [5.41, 5.74) is 2.64. The zero-order valence-electron chi connectivity index (χ0n) is 8.95. The minimum atomic E-state index is 0.322. The molecule has 78 valence electrons. The van der Waals surface area contributed by atoms with Crippen molar-refractivity contribution in [2.45, 2.75) is 6.04 Å². The van der Waals surface area contributed by atoms with Crippen LogP contribution in [0, 0.1) is 0 Å². The van der Waals surface area contributed by atoms with Crippen LogP contribution < -0.4 is 0 Å². The van der Waals surface area contributed by atoms with Crippen LogP contribution in [0.4, 0.5) is 0 Å². The van der Waals surface area contributed by atoms with Gasteiger partial charge in [-0.25, -0.2) is 0 Å². The van der Waals surface area contributed by atoms with Gasteiger partial charge in [0.2, 0.25) is 0 Å². The van der Waals surface area contributed by atoms with Crippen LogP contribution in [-0.2, 0) is 0 Å². The summed E-state index contributed by atoms with van der Waals surface area (Å²) in [5.74, 6) is 0. The van der Waals surface area contributed by atoms with E-state index in [0.717, 1.165) is 0 Å². The summed E-state index contributed by atoms with van der Waals surface area (Å²) in [4.78, 5) is 2.22. The van der Waals surface area contributed by atoms with Crippen molar-refractivity contribution in [2.75, 3.05) is 0 Å². The van der Waals surface area contributed by atoms with Crippen LogP contribution in [0.5, 0.6) is 0 Å². The summed E-state index contributed by atoms with van der Waals surface area (Å²) < 4.78 is 0. The van der Waals surface area contributed by atoms with Gasteiger partial charge >= 0.3 is 0 Å². The number of hydrogen-bond acceptors (Lipinski definition) is 1. The van der Waals surface area contributed by atoms with Crippen molar-refractivity contribution in [2.24, 2.45) is 0 Å². The monoisotopic (exact) mass is 207 g/mol. The normalized spacial score (nSPS) is 21.2. The molecule has 3 rings (SSSR count). The van der Waals surface area contributed by atoms with Crippen molar-refractivity contribution < 1.29 is 0 Å². The van der Waals surface area contributed by atoms with Gasteiger partial charge < -0.3 is 4.90 Å². The Labute approximate surface area is 95.7 Å². The molecule has 0 saturated carbocycles. The highest BCUT2D eigenvalue weighted by Gasteiger charge is 2.17. The van der Waals surface area contributed by atoms with Gasteiger partial charge in [-0.05, 0) is 23.3 Å². The van der Waals surface area contributed by atoms with Gasteiger partial charge in [-0.2, -0.15) is 0 Å². The van der Waals surface area contributed by atoms with Crippen LogP contribution in [0.3, 0.4) is 0 Å². The number of fused-ring (bicyclic) bond motifs is 3. The molecular formula is C15H13N. The molecule has 1 aromatic carbocycles. The first-order valence-corrected chi connectivity index (χ1v) is 5.51. The molecular weight excluding hydrogens is 194 g/mol. The maximum Gasteiger partial charge on any atom is 0.0772 e. The fourth-order valence-corrected chi connectivity index (χ4v) is 2.16. The lowest BCUT2D eigenvalue weighted by molar-refractivity contribution is 0.433. The number of allylic oxidation sites excluding steroid dienone is 4. The van der Waals surface area contributed by atoms with Crippen molar-refractivity contribution in [3.63, 3.8) is 0 Å². The zero-order valence-corrected chi connectivity index (χ0v) is 8.95. The van der Waals surface area contributed by atoms with Crippen LogP contribution in [0.15, 0.2) is 67.0 Å². The van der Waals surface area contributed by atoms with Crippen LogP contribution in [0.1, 0.15) is 17.2 Å². The second-order valence-electron chi connectivity index (χ2n) is 3.95. The van der Waals surface area contributed by atoms with Crippen LogP contribution in [-0.4, -0.2) is 4.90 Å². The zero-order chi connectivity index (χ0) is 10.8. The van der Waals surface area contributed by atoms with Gasteiger partial charge in [0, 0.05) is 12.4 Å². The Morgan fingerprint density at radius 1 is 0.875 bits per heavy atom. The summed E-state index contributed by atoms with van der Waals surface area (Å²) in [7, 11) is 0. The molecule has 0 saturated heterocycles. The second kappa shape index (κ2) is 3.86. The average molecular weight is 207 g/mol. The molecule has 2 aliphatic heterocycles. The van der Waals surface area contributed by atoms with Crippen molar-refractivity contribution in [3.8, 4) is 0 Å². The van der Waals surface area contributed by atoms with E-state index in [1.165, 1.54) is 11.1 Å². The van der Waals surface area contributed by atoms with Crippen molar-refractivity contribution >= 4 is 6.08 Å². The van der Waals surface area contributed by atoms with E-state index >= 15 is 0 Å². The van der Waals surface area contributed by atoms with E-state index in [2.05, 4.69) is 78.0 Å². The molecule has 0 spiro atoms. The van der Waals surface area contributed by atoms with Crippen LogP contribution in [0.2, 0.25) is 0 Å². The Balaban J connectivity index is 2.16. The second-order valence-corrected chi connectivity index (χ2v) is 3.95. The minimum absolute atomic E-state index is 0.322. The first-order valence-electron chi connectivity index (χ1n) is 5.51. The predicted octanol–water partition coefficient (Wildman–Crippen LogP) is 3.65. The summed E-state index contributed by atoms with van der Waals surface area (Å²) >= 11 is 0. The largest absolute Gasteiger partial charge is 0.343 e. The summed E-state index contributed by atoms with van der Waals surface area (Å²) in [6.45, 7) is 0. The smallest absolute Gasteiger partial charge is 0.0772 e. The molecule has 16 heavy (non-hydrogen) atoms. The Hall–Kier alpha value is -2.02. The van der Waals surface area contributed by atoms with Crippen molar-refractivity contribution in [3.05, 3.63) is 78.2 Å². The highest BCUT2D eigenvalue weighted by Crippen LogP contribution is 2.30. The van der Waals surface area contributed by atoms with E-state index in [9.17, 15) is 0 Å². The molecule has 0 aliphatic carbocycles. The molecule has 0 amide bonds. The highest BCUT2D eigenvalue weighted by molar-refractivity contribution is 5.58. The van der Waals surface area contributed by atoms with E-state index in [1.54, 1.807) is 0 Å². The topological polar surface area (TPSA) is 3.24 Å². The van der Waals surface area contributed by atoms with Gasteiger partial charge in [0.25, 0.3) is 0 Å². The maximum absolute atomic E-state index is 2.22. The lowest BCUT2D eigenvalue weighted by Gasteiger charge is -2.29. The van der Waals surface area contributed by atoms with E-state index in [1.807, 2.05) is 0 Å². The molecule has 0 aromatic heterocycles. The maximum atomic E-state index is 2.22. The summed E-state index contributed by atoms with van der Waals surface area (Å²) in [6.07, 6.45) is 16.9. The van der Waals surface area contributed by atoms with Crippen molar-refractivity contribution in [1.82, 2.24) is 4.90 Å². The number of nitrogens with zero attached hydrogens (tertiary/aromatic N) is 1. The highest BCUT2D eigenvalue weighted by atomic mass is 15.1. The third kappa shape index (κ3) is 1.50. The average Bonchev–Trinajstić information content (AvgIpc) is 2.33. The van der Waals surface area contributed by atoms with Gasteiger partial charge in [-0.1, -0.05) is 48.6 Å².